The molecule has 2 aromatic carbocycles. The second kappa shape index (κ2) is 8.13. The summed E-state index contributed by atoms with van der Waals surface area (Å²) in [7, 11) is 0. The fraction of sp³-hybridized carbons (Fsp3) is 0.158. The number of carbonyl (C=O) groups excluding carboxylic acids is 1. The van der Waals surface area contributed by atoms with Gasteiger partial charge in [0.1, 0.15) is 12.4 Å². The number of ether oxygens (including phenoxy) is 1. The minimum atomic E-state index is -1.28. The molecule has 1 N–H and O–H groups in total. The highest BCUT2D eigenvalue weighted by molar-refractivity contribution is 5.81. The highest BCUT2D eigenvalue weighted by Crippen LogP contribution is 2.12. The van der Waals surface area contributed by atoms with Crippen LogP contribution < -0.4 is 20.8 Å². The third kappa shape index (κ3) is 4.30. The highest BCUT2D eigenvalue weighted by atomic mass is 16.5. The van der Waals surface area contributed by atoms with Crippen LogP contribution in [0, 0.1) is 0 Å². The first-order chi connectivity index (χ1) is 13.1. The summed E-state index contributed by atoms with van der Waals surface area (Å²) in [5.74, 6) is -0.513. The quantitative estimate of drug-likeness (QED) is 0.494. The normalized spacial score (nSPS) is 11.0. The Morgan fingerprint density at radius 1 is 1.26 bits per heavy atom. The molecule has 0 radical (unpaired) electrons. The number of fused-ring (bicyclic) bond motifs is 1. The zero-order valence-electron chi connectivity index (χ0n) is 14.6. The third-order valence-corrected chi connectivity index (χ3v) is 3.79. The number of carboxylic acids is 1. The van der Waals surface area contributed by atoms with Crippen molar-refractivity contribution in [1.82, 2.24) is 9.55 Å². The van der Waals surface area contributed by atoms with Crippen LogP contribution in [-0.2, 0) is 11.3 Å². The van der Waals surface area contributed by atoms with Gasteiger partial charge in [0.15, 0.2) is 0 Å². The smallest absolute Gasteiger partial charge is 0.262 e. The molecular weight excluding hydrogens is 348 g/mol. The summed E-state index contributed by atoms with van der Waals surface area (Å²) >= 11 is 0. The summed E-state index contributed by atoms with van der Waals surface area (Å²) in [6, 6.07) is 13.8. The number of hydrogen-bond acceptors (Lipinski definition) is 7. The number of hydrogen-bond donors (Lipinski definition) is 1. The van der Waals surface area contributed by atoms with Gasteiger partial charge in [0.05, 0.1) is 23.1 Å². The number of aliphatic carboxylic acids is 1. The van der Waals surface area contributed by atoms with Crippen LogP contribution in [0.15, 0.2) is 58.4 Å². The molecule has 0 amide bonds. The predicted molar refractivity (Wildman–Crippen MR) is 99.8 cm³/mol. The minimum Gasteiger partial charge on any atom is -0.546 e. The van der Waals surface area contributed by atoms with E-state index >= 15 is 0 Å². The molecule has 8 heteroatoms. The maximum absolute atomic E-state index is 12.5. The molecule has 1 heterocycles. The van der Waals surface area contributed by atoms with E-state index in [0.29, 0.717) is 29.1 Å². The minimum absolute atomic E-state index is 0.129. The fourth-order valence-electron chi connectivity index (χ4n) is 2.50. The summed E-state index contributed by atoms with van der Waals surface area (Å²) in [4.78, 5) is 27.4. The van der Waals surface area contributed by atoms with E-state index in [1.54, 1.807) is 48.7 Å². The average molecular weight is 365 g/mol. The van der Waals surface area contributed by atoms with Crippen molar-refractivity contribution < 1.29 is 14.6 Å². The first-order valence-electron chi connectivity index (χ1n) is 8.30. The van der Waals surface area contributed by atoms with Gasteiger partial charge in [0.25, 0.3) is 5.56 Å². The van der Waals surface area contributed by atoms with Crippen LogP contribution in [0.1, 0.15) is 12.5 Å². The maximum Gasteiger partial charge on any atom is 0.262 e. The molecule has 0 aliphatic heterocycles. The third-order valence-electron chi connectivity index (χ3n) is 3.79. The zero-order chi connectivity index (χ0) is 19.2. The molecule has 138 valence electrons. The van der Waals surface area contributed by atoms with Gasteiger partial charge in [-0.2, -0.15) is 5.10 Å². The van der Waals surface area contributed by atoms with Crippen LogP contribution in [0.3, 0.4) is 0 Å². The lowest BCUT2D eigenvalue weighted by Gasteiger charge is -2.10. The van der Waals surface area contributed by atoms with Crippen molar-refractivity contribution in [3.8, 4) is 5.75 Å². The molecule has 0 unspecified atom stereocenters. The highest BCUT2D eigenvalue weighted by Gasteiger charge is 2.08. The van der Waals surface area contributed by atoms with Gasteiger partial charge in [0.2, 0.25) is 5.95 Å². The fourth-order valence-corrected chi connectivity index (χ4v) is 2.50. The lowest BCUT2D eigenvalue weighted by molar-refractivity contribution is -0.307. The van der Waals surface area contributed by atoms with E-state index < -0.39 is 12.6 Å². The number of para-hydroxylation sites is 1. The average Bonchev–Trinajstić information content (AvgIpc) is 2.67. The molecule has 27 heavy (non-hydrogen) atoms. The first kappa shape index (κ1) is 18.1. The largest absolute Gasteiger partial charge is 0.546 e. The molecule has 3 aromatic rings. The number of anilines is 1. The van der Waals surface area contributed by atoms with Crippen molar-refractivity contribution in [1.29, 1.82) is 0 Å². The Hall–Kier alpha value is -3.68. The summed E-state index contributed by atoms with van der Waals surface area (Å²) in [5, 5.41) is 15.1. The Kier molecular flexibility index (Phi) is 5.46. The Balaban J connectivity index is 1.76. The number of benzene rings is 2. The predicted octanol–water partition coefficient (Wildman–Crippen LogP) is 0.991. The van der Waals surface area contributed by atoms with Crippen LogP contribution in [-0.4, -0.2) is 28.3 Å². The molecule has 0 aliphatic rings. The van der Waals surface area contributed by atoms with Gasteiger partial charge < -0.3 is 14.6 Å². The number of nitrogens with one attached hydrogen (secondary N) is 1. The summed E-state index contributed by atoms with van der Waals surface area (Å²) in [5.41, 5.74) is 4.03. The molecule has 0 aliphatic carbocycles. The van der Waals surface area contributed by atoms with Gasteiger partial charge in [-0.05, 0) is 48.9 Å². The van der Waals surface area contributed by atoms with E-state index in [9.17, 15) is 14.7 Å². The SMILES string of the molecule is CCn1c(N/N=C\c2ccc(OCC(=O)[O-])cc2)nc2ccccc2c1=O. The second-order valence-corrected chi connectivity index (χ2v) is 5.60. The van der Waals surface area contributed by atoms with Crippen molar-refractivity contribution in [2.45, 2.75) is 13.5 Å². The van der Waals surface area contributed by atoms with Crippen LogP contribution in [0.2, 0.25) is 0 Å². The zero-order valence-corrected chi connectivity index (χ0v) is 14.6. The van der Waals surface area contributed by atoms with Gasteiger partial charge in [-0.25, -0.2) is 10.4 Å². The maximum atomic E-state index is 12.5. The molecule has 0 spiro atoms. The van der Waals surface area contributed by atoms with E-state index in [4.69, 9.17) is 4.74 Å². The van der Waals surface area contributed by atoms with E-state index in [1.165, 1.54) is 4.57 Å². The van der Waals surface area contributed by atoms with Gasteiger partial charge >= 0.3 is 0 Å². The monoisotopic (exact) mass is 365 g/mol. The standard InChI is InChI=1S/C19H18N4O4/c1-2-23-18(26)15-5-3-4-6-16(15)21-19(23)22-20-11-13-7-9-14(10-8-13)27-12-17(24)25/h3-11H,2,12H2,1H3,(H,21,22)(H,24,25)/p-1/b20-11-. The Morgan fingerprint density at radius 2 is 2.00 bits per heavy atom. The lowest BCUT2D eigenvalue weighted by atomic mass is 10.2. The van der Waals surface area contributed by atoms with Crippen molar-refractivity contribution in [3.63, 3.8) is 0 Å². The number of carboxylic acid groups (broad SMARTS) is 1. The second-order valence-electron chi connectivity index (χ2n) is 5.60. The van der Waals surface area contributed by atoms with E-state index in [-0.39, 0.29) is 5.56 Å². The topological polar surface area (TPSA) is 109 Å². The van der Waals surface area contributed by atoms with E-state index in [0.717, 1.165) is 5.56 Å². The number of nitrogens with zero attached hydrogens (tertiary/aromatic N) is 3. The van der Waals surface area contributed by atoms with Crippen LogP contribution in [0.4, 0.5) is 5.95 Å². The van der Waals surface area contributed by atoms with E-state index in [2.05, 4.69) is 15.5 Å². The number of hydrazone groups is 1. The Morgan fingerprint density at radius 3 is 2.70 bits per heavy atom. The molecule has 0 fully saturated rings. The van der Waals surface area contributed by atoms with Gasteiger partial charge in [-0.1, -0.05) is 12.1 Å². The summed E-state index contributed by atoms with van der Waals surface area (Å²) in [6.45, 7) is 1.81. The van der Waals surface area contributed by atoms with Crippen molar-refractivity contribution in [3.05, 3.63) is 64.4 Å². The van der Waals surface area contributed by atoms with Crippen molar-refractivity contribution >= 4 is 29.0 Å². The van der Waals surface area contributed by atoms with Gasteiger partial charge in [-0.15, -0.1) is 0 Å². The van der Waals surface area contributed by atoms with Crippen LogP contribution >= 0.6 is 0 Å². The molecule has 8 nitrogen and oxygen atoms in total. The summed E-state index contributed by atoms with van der Waals surface area (Å²) < 4.78 is 6.52. The number of rotatable bonds is 7. The Labute approximate surface area is 154 Å². The Bertz CT molecular complexity index is 1040. The van der Waals surface area contributed by atoms with Crippen LogP contribution in [0.25, 0.3) is 10.9 Å². The molecule has 3 rings (SSSR count). The number of aromatic nitrogens is 2. The van der Waals surface area contributed by atoms with Crippen molar-refractivity contribution in [2.75, 3.05) is 12.0 Å². The molecule has 1 aromatic heterocycles. The number of carbonyl (C=O) groups is 1. The lowest BCUT2D eigenvalue weighted by Crippen LogP contribution is -2.28. The first-order valence-corrected chi connectivity index (χ1v) is 8.30. The molecule has 0 atom stereocenters. The van der Waals surface area contributed by atoms with Gasteiger partial charge in [-0.3, -0.25) is 9.36 Å². The van der Waals surface area contributed by atoms with Crippen LogP contribution in [0.5, 0.6) is 5.75 Å². The van der Waals surface area contributed by atoms with Crippen molar-refractivity contribution in [2.24, 2.45) is 5.10 Å². The van der Waals surface area contributed by atoms with E-state index in [1.807, 2.05) is 13.0 Å². The molecule has 0 saturated heterocycles. The molecular formula is C19H17N4O4-. The molecule has 0 bridgehead atoms. The van der Waals surface area contributed by atoms with Gasteiger partial charge in [0, 0.05) is 6.54 Å². The summed E-state index contributed by atoms with van der Waals surface area (Å²) in [6.07, 6.45) is 1.56. The molecule has 0 saturated carbocycles.